The zero-order valence-electron chi connectivity index (χ0n) is 13.7. The van der Waals surface area contributed by atoms with Crippen LogP contribution in [0, 0.1) is 0 Å². The lowest BCUT2D eigenvalue weighted by Crippen LogP contribution is -2.37. The molecule has 2 heterocycles. The molecule has 0 bridgehead atoms. The summed E-state index contributed by atoms with van der Waals surface area (Å²) < 4.78 is 12.9. The molecule has 0 fully saturated rings. The number of urea groups is 1. The molecule has 0 saturated carbocycles. The van der Waals surface area contributed by atoms with E-state index >= 15 is 0 Å². The molecule has 0 aliphatic carbocycles. The van der Waals surface area contributed by atoms with Gasteiger partial charge in [0.25, 0.3) is 0 Å². The molecule has 0 radical (unpaired) electrons. The number of fused-ring (bicyclic) bond motifs is 1. The van der Waals surface area contributed by atoms with E-state index in [-0.39, 0.29) is 12.1 Å². The fraction of sp³-hybridized carbons (Fsp3) is 0.412. The first-order valence-electron chi connectivity index (χ1n) is 8.14. The third-order valence-corrected chi connectivity index (χ3v) is 3.82. The molecular weight excluding hydrogens is 308 g/mol. The van der Waals surface area contributed by atoms with Crippen LogP contribution in [-0.4, -0.2) is 35.6 Å². The predicted octanol–water partition coefficient (Wildman–Crippen LogP) is 2.10. The average molecular weight is 330 g/mol. The summed E-state index contributed by atoms with van der Waals surface area (Å²) in [4.78, 5) is 12.0. The van der Waals surface area contributed by atoms with Gasteiger partial charge < -0.3 is 20.1 Å². The van der Waals surface area contributed by atoms with E-state index in [0.717, 1.165) is 30.0 Å². The average Bonchev–Trinajstić information content (AvgIpc) is 3.11. The number of hydrogen-bond acceptors (Lipinski definition) is 4. The largest absolute Gasteiger partial charge is 0.486 e. The normalized spacial score (nSPS) is 14.0. The maximum absolute atomic E-state index is 12.0. The van der Waals surface area contributed by atoms with Crippen molar-refractivity contribution in [2.45, 2.75) is 25.9 Å². The van der Waals surface area contributed by atoms with E-state index in [1.807, 2.05) is 42.1 Å². The molecule has 1 aromatic carbocycles. The summed E-state index contributed by atoms with van der Waals surface area (Å²) in [5.41, 5.74) is 0.978. The van der Waals surface area contributed by atoms with E-state index in [2.05, 4.69) is 15.7 Å². The smallest absolute Gasteiger partial charge is 0.315 e. The van der Waals surface area contributed by atoms with Gasteiger partial charge in [-0.3, -0.25) is 4.68 Å². The van der Waals surface area contributed by atoms with Crippen LogP contribution in [0.25, 0.3) is 0 Å². The van der Waals surface area contributed by atoms with Crippen LogP contribution in [0.5, 0.6) is 11.5 Å². The molecule has 128 valence electrons. The van der Waals surface area contributed by atoms with Crippen molar-refractivity contribution in [3.05, 3.63) is 42.2 Å². The Hall–Kier alpha value is -2.70. The number of aromatic nitrogens is 2. The van der Waals surface area contributed by atoms with E-state index in [9.17, 15) is 4.79 Å². The molecule has 1 atom stereocenters. The summed E-state index contributed by atoms with van der Waals surface area (Å²) in [6.45, 7) is 4.44. The zero-order chi connectivity index (χ0) is 16.8. The number of carbonyl (C=O) groups excluding carboxylic acids is 1. The van der Waals surface area contributed by atoms with Gasteiger partial charge in [-0.15, -0.1) is 0 Å². The molecule has 3 rings (SSSR count). The minimum atomic E-state index is -0.183. The molecular formula is C17H22N4O3. The van der Waals surface area contributed by atoms with Crippen molar-refractivity contribution in [2.75, 3.05) is 19.8 Å². The number of aryl methyl sites for hydroxylation is 1. The molecule has 0 saturated heterocycles. The fourth-order valence-electron chi connectivity index (χ4n) is 2.54. The summed E-state index contributed by atoms with van der Waals surface area (Å²) in [6.07, 6.45) is 4.48. The quantitative estimate of drug-likeness (QED) is 0.795. The molecule has 2 amide bonds. The van der Waals surface area contributed by atoms with Crippen molar-refractivity contribution in [1.29, 1.82) is 0 Å². The van der Waals surface area contributed by atoms with Gasteiger partial charge in [0.2, 0.25) is 0 Å². The molecule has 0 unspecified atom stereocenters. The minimum absolute atomic E-state index is 0.119. The summed E-state index contributed by atoms with van der Waals surface area (Å²) in [6, 6.07) is 7.32. The van der Waals surface area contributed by atoms with Gasteiger partial charge in [-0.2, -0.15) is 5.10 Å². The Morgan fingerprint density at radius 2 is 2.17 bits per heavy atom. The van der Waals surface area contributed by atoms with E-state index in [4.69, 9.17) is 9.47 Å². The molecule has 1 aliphatic rings. The van der Waals surface area contributed by atoms with Crippen LogP contribution in [-0.2, 0) is 6.54 Å². The van der Waals surface area contributed by atoms with E-state index in [1.54, 1.807) is 6.20 Å². The second kappa shape index (κ2) is 7.72. The van der Waals surface area contributed by atoms with Crippen LogP contribution >= 0.6 is 0 Å². The molecule has 24 heavy (non-hydrogen) atoms. The van der Waals surface area contributed by atoms with Gasteiger partial charge in [0.1, 0.15) is 13.2 Å². The highest BCUT2D eigenvalue weighted by molar-refractivity contribution is 5.74. The van der Waals surface area contributed by atoms with Crippen molar-refractivity contribution in [3.63, 3.8) is 0 Å². The maximum Gasteiger partial charge on any atom is 0.315 e. The number of hydrogen-bond donors (Lipinski definition) is 2. The summed E-state index contributed by atoms with van der Waals surface area (Å²) in [7, 11) is 0. The number of nitrogens with one attached hydrogen (secondary N) is 2. The van der Waals surface area contributed by atoms with Crippen molar-refractivity contribution in [3.8, 4) is 11.5 Å². The summed E-state index contributed by atoms with van der Waals surface area (Å²) in [5.74, 6) is 1.48. The summed E-state index contributed by atoms with van der Waals surface area (Å²) in [5, 5.41) is 9.91. The van der Waals surface area contributed by atoms with Crippen molar-refractivity contribution in [1.82, 2.24) is 20.4 Å². The Bertz CT molecular complexity index is 672. The van der Waals surface area contributed by atoms with Crippen molar-refractivity contribution < 1.29 is 14.3 Å². The van der Waals surface area contributed by atoms with Crippen LogP contribution in [0.1, 0.15) is 24.9 Å². The second-order valence-corrected chi connectivity index (χ2v) is 5.65. The SMILES string of the molecule is C[C@H](NC(=O)NCCCn1cccn1)c1ccc2c(c1)OCCO2. The van der Waals surface area contributed by atoms with E-state index in [1.165, 1.54) is 0 Å². The van der Waals surface area contributed by atoms with Crippen LogP contribution in [0.4, 0.5) is 4.79 Å². The predicted molar refractivity (Wildman–Crippen MR) is 89.2 cm³/mol. The van der Waals surface area contributed by atoms with Crippen LogP contribution in [0.3, 0.4) is 0 Å². The molecule has 7 nitrogen and oxygen atoms in total. The number of nitrogens with zero attached hydrogens (tertiary/aromatic N) is 2. The van der Waals surface area contributed by atoms with Crippen LogP contribution in [0.2, 0.25) is 0 Å². The molecule has 2 N–H and O–H groups in total. The van der Waals surface area contributed by atoms with Gasteiger partial charge in [0.15, 0.2) is 11.5 Å². The van der Waals surface area contributed by atoms with Gasteiger partial charge >= 0.3 is 6.03 Å². The number of benzene rings is 1. The van der Waals surface area contributed by atoms with E-state index < -0.39 is 0 Å². The molecule has 1 aromatic heterocycles. The van der Waals surface area contributed by atoms with Gasteiger partial charge in [-0.25, -0.2) is 4.79 Å². The van der Waals surface area contributed by atoms with Gasteiger partial charge in [0, 0.05) is 25.5 Å². The van der Waals surface area contributed by atoms with Gasteiger partial charge in [-0.05, 0) is 37.1 Å². The number of amides is 2. The first-order valence-corrected chi connectivity index (χ1v) is 8.14. The van der Waals surface area contributed by atoms with E-state index in [0.29, 0.717) is 19.8 Å². The Balaban J connectivity index is 1.43. The Morgan fingerprint density at radius 3 is 2.96 bits per heavy atom. The lowest BCUT2D eigenvalue weighted by atomic mass is 10.1. The number of rotatable bonds is 6. The lowest BCUT2D eigenvalue weighted by Gasteiger charge is -2.21. The third-order valence-electron chi connectivity index (χ3n) is 3.82. The fourth-order valence-corrected chi connectivity index (χ4v) is 2.54. The highest BCUT2D eigenvalue weighted by atomic mass is 16.6. The Morgan fingerprint density at radius 1 is 1.33 bits per heavy atom. The Kier molecular flexibility index (Phi) is 5.20. The Labute approximate surface area is 140 Å². The first kappa shape index (κ1) is 16.2. The molecule has 2 aromatic rings. The number of carbonyl (C=O) groups is 1. The highest BCUT2D eigenvalue weighted by Gasteiger charge is 2.15. The standard InChI is InChI=1S/C17H22N4O3/c1-13(14-4-5-15-16(12-14)24-11-10-23-15)20-17(22)18-6-2-8-21-9-3-7-19-21/h3-5,7,9,12-13H,2,6,8,10-11H2,1H3,(H2,18,20,22)/t13-/m0/s1. The van der Waals surface area contributed by atoms with Crippen molar-refractivity contribution in [2.24, 2.45) is 0 Å². The lowest BCUT2D eigenvalue weighted by molar-refractivity contribution is 0.171. The summed E-state index contributed by atoms with van der Waals surface area (Å²) >= 11 is 0. The zero-order valence-corrected chi connectivity index (χ0v) is 13.7. The minimum Gasteiger partial charge on any atom is -0.486 e. The van der Waals surface area contributed by atoms with Crippen LogP contribution in [0.15, 0.2) is 36.7 Å². The third kappa shape index (κ3) is 4.18. The highest BCUT2D eigenvalue weighted by Crippen LogP contribution is 2.32. The van der Waals surface area contributed by atoms with Crippen LogP contribution < -0.4 is 20.1 Å². The first-order chi connectivity index (χ1) is 11.7. The molecule has 7 heteroatoms. The van der Waals surface area contributed by atoms with Crippen molar-refractivity contribution >= 4 is 6.03 Å². The van der Waals surface area contributed by atoms with Gasteiger partial charge in [0.05, 0.1) is 6.04 Å². The van der Waals surface area contributed by atoms with Gasteiger partial charge in [-0.1, -0.05) is 6.07 Å². The topological polar surface area (TPSA) is 77.4 Å². The second-order valence-electron chi connectivity index (χ2n) is 5.65. The maximum atomic E-state index is 12.0. The molecule has 1 aliphatic heterocycles. The monoisotopic (exact) mass is 330 g/mol. The number of ether oxygens (including phenoxy) is 2. The molecule has 0 spiro atoms.